The van der Waals surface area contributed by atoms with Gasteiger partial charge in [0.2, 0.25) is 11.8 Å². The van der Waals surface area contributed by atoms with Crippen molar-refractivity contribution < 1.29 is 19.1 Å². The molecule has 2 aromatic rings. The average Bonchev–Trinajstić information content (AvgIpc) is 3.11. The Hall–Kier alpha value is -3.15. The third-order valence-electron chi connectivity index (χ3n) is 4.73. The normalized spacial score (nSPS) is 17.2. The van der Waals surface area contributed by atoms with Crippen LogP contribution in [0.2, 0.25) is 0 Å². The van der Waals surface area contributed by atoms with Crippen LogP contribution in [0.25, 0.3) is 0 Å². The zero-order valence-electron chi connectivity index (χ0n) is 15.8. The van der Waals surface area contributed by atoms with Gasteiger partial charge < -0.3 is 15.0 Å². The Bertz CT molecular complexity index is 823. The van der Waals surface area contributed by atoms with Crippen molar-refractivity contribution >= 4 is 23.5 Å². The Morgan fingerprint density at radius 3 is 2.39 bits per heavy atom. The highest BCUT2D eigenvalue weighted by Crippen LogP contribution is 2.25. The molecule has 1 saturated heterocycles. The molecule has 6 heteroatoms. The van der Waals surface area contributed by atoms with Crippen molar-refractivity contribution in [1.82, 2.24) is 5.32 Å². The number of amides is 2. The molecule has 0 saturated carbocycles. The lowest BCUT2D eigenvalue weighted by atomic mass is 10.0. The number of anilines is 1. The number of rotatable bonds is 7. The van der Waals surface area contributed by atoms with Gasteiger partial charge in [0.15, 0.2) is 0 Å². The van der Waals surface area contributed by atoms with E-state index in [-0.39, 0.29) is 24.8 Å². The van der Waals surface area contributed by atoms with E-state index in [1.54, 1.807) is 11.8 Å². The van der Waals surface area contributed by atoms with Crippen molar-refractivity contribution in [2.24, 2.45) is 5.92 Å². The van der Waals surface area contributed by atoms with E-state index in [0.717, 1.165) is 11.3 Å². The number of nitrogens with zero attached hydrogens (tertiary/aromatic N) is 1. The fraction of sp³-hybridized carbons (Fsp3) is 0.318. The number of ether oxygens (including phenoxy) is 1. The van der Waals surface area contributed by atoms with Crippen LogP contribution in [0.5, 0.6) is 0 Å². The van der Waals surface area contributed by atoms with Gasteiger partial charge in [0, 0.05) is 25.1 Å². The van der Waals surface area contributed by atoms with Crippen molar-refractivity contribution in [2.75, 3.05) is 18.1 Å². The predicted octanol–water partition coefficient (Wildman–Crippen LogP) is 2.33. The fourth-order valence-electron chi connectivity index (χ4n) is 3.32. The van der Waals surface area contributed by atoms with E-state index >= 15 is 0 Å². The molecule has 0 bridgehead atoms. The van der Waals surface area contributed by atoms with Gasteiger partial charge >= 0.3 is 5.97 Å². The molecular formula is C22H24N2O4. The SMILES string of the molecule is CCOC(=O)C(Cc1ccccc1)NC(=O)C1CC(=O)N(c2ccccc2)C1. The minimum atomic E-state index is -0.782. The molecule has 2 amide bonds. The summed E-state index contributed by atoms with van der Waals surface area (Å²) < 4.78 is 5.12. The summed E-state index contributed by atoms with van der Waals surface area (Å²) in [4.78, 5) is 39.1. The van der Waals surface area contributed by atoms with Crippen LogP contribution in [-0.2, 0) is 25.5 Å². The lowest BCUT2D eigenvalue weighted by Gasteiger charge is -2.20. The molecule has 0 aromatic heterocycles. The summed E-state index contributed by atoms with van der Waals surface area (Å²) in [6.07, 6.45) is 0.468. The Morgan fingerprint density at radius 1 is 1.11 bits per heavy atom. The maximum atomic E-state index is 12.8. The molecule has 0 radical (unpaired) electrons. The summed E-state index contributed by atoms with van der Waals surface area (Å²) >= 11 is 0. The van der Waals surface area contributed by atoms with Crippen molar-refractivity contribution in [3.63, 3.8) is 0 Å². The van der Waals surface area contributed by atoms with Gasteiger partial charge in [-0.15, -0.1) is 0 Å². The fourth-order valence-corrected chi connectivity index (χ4v) is 3.32. The monoisotopic (exact) mass is 380 g/mol. The topological polar surface area (TPSA) is 75.7 Å². The van der Waals surface area contributed by atoms with Gasteiger partial charge in [-0.3, -0.25) is 9.59 Å². The molecule has 1 fully saturated rings. The molecule has 0 aliphatic carbocycles. The summed E-state index contributed by atoms with van der Waals surface area (Å²) in [5.41, 5.74) is 1.70. The van der Waals surface area contributed by atoms with E-state index in [1.807, 2.05) is 60.7 Å². The molecule has 1 heterocycles. The highest BCUT2D eigenvalue weighted by molar-refractivity contribution is 6.00. The molecule has 3 rings (SSSR count). The van der Waals surface area contributed by atoms with Gasteiger partial charge in [-0.25, -0.2) is 4.79 Å². The van der Waals surface area contributed by atoms with Gasteiger partial charge in [-0.05, 0) is 24.6 Å². The highest BCUT2D eigenvalue weighted by Gasteiger charge is 2.36. The lowest BCUT2D eigenvalue weighted by Crippen LogP contribution is -2.46. The first kappa shape index (κ1) is 19.6. The maximum Gasteiger partial charge on any atom is 0.328 e. The number of carbonyl (C=O) groups excluding carboxylic acids is 3. The van der Waals surface area contributed by atoms with Crippen molar-refractivity contribution in [1.29, 1.82) is 0 Å². The molecule has 28 heavy (non-hydrogen) atoms. The van der Waals surface area contributed by atoms with Crippen LogP contribution in [-0.4, -0.2) is 37.0 Å². The summed E-state index contributed by atoms with van der Waals surface area (Å²) in [7, 11) is 0. The number of para-hydroxylation sites is 1. The third kappa shape index (κ3) is 4.76. The second-order valence-corrected chi connectivity index (χ2v) is 6.74. The van der Waals surface area contributed by atoms with Crippen molar-refractivity contribution in [2.45, 2.75) is 25.8 Å². The molecular weight excluding hydrogens is 356 g/mol. The van der Waals surface area contributed by atoms with Crippen LogP contribution in [0.4, 0.5) is 5.69 Å². The number of carbonyl (C=O) groups is 3. The first-order chi connectivity index (χ1) is 13.6. The summed E-state index contributed by atoms with van der Waals surface area (Å²) in [6, 6.07) is 17.9. The molecule has 1 aliphatic rings. The quantitative estimate of drug-likeness (QED) is 0.748. The molecule has 1 aliphatic heterocycles. The van der Waals surface area contributed by atoms with Crippen LogP contribution in [0.3, 0.4) is 0 Å². The summed E-state index contributed by atoms with van der Waals surface area (Å²) in [6.45, 7) is 2.27. The Balaban J connectivity index is 1.67. The summed E-state index contributed by atoms with van der Waals surface area (Å²) in [5, 5.41) is 2.79. The minimum Gasteiger partial charge on any atom is -0.464 e. The summed E-state index contributed by atoms with van der Waals surface area (Å²) in [5.74, 6) is -1.37. The Morgan fingerprint density at radius 2 is 1.75 bits per heavy atom. The average molecular weight is 380 g/mol. The van der Waals surface area contributed by atoms with Gasteiger partial charge in [-0.1, -0.05) is 48.5 Å². The zero-order chi connectivity index (χ0) is 19.9. The van der Waals surface area contributed by atoms with Crippen LogP contribution in [0.15, 0.2) is 60.7 Å². The van der Waals surface area contributed by atoms with E-state index in [4.69, 9.17) is 4.74 Å². The van der Waals surface area contributed by atoms with Crippen LogP contribution >= 0.6 is 0 Å². The van der Waals surface area contributed by atoms with Crippen LogP contribution in [0, 0.1) is 5.92 Å². The third-order valence-corrected chi connectivity index (χ3v) is 4.73. The van der Waals surface area contributed by atoms with Gasteiger partial charge in [0.05, 0.1) is 12.5 Å². The lowest BCUT2D eigenvalue weighted by molar-refractivity contribution is -0.147. The number of esters is 1. The van der Waals surface area contributed by atoms with E-state index in [1.165, 1.54) is 0 Å². The van der Waals surface area contributed by atoms with Crippen molar-refractivity contribution in [3.8, 4) is 0 Å². The molecule has 0 spiro atoms. The second kappa shape index (κ2) is 9.17. The van der Waals surface area contributed by atoms with E-state index in [0.29, 0.717) is 13.0 Å². The highest BCUT2D eigenvalue weighted by atomic mass is 16.5. The molecule has 1 N–H and O–H groups in total. The van der Waals surface area contributed by atoms with E-state index in [9.17, 15) is 14.4 Å². The van der Waals surface area contributed by atoms with Gasteiger partial charge in [-0.2, -0.15) is 0 Å². The Labute approximate surface area is 164 Å². The largest absolute Gasteiger partial charge is 0.464 e. The Kier molecular flexibility index (Phi) is 6.42. The molecule has 2 aromatic carbocycles. The molecule has 2 unspecified atom stereocenters. The predicted molar refractivity (Wildman–Crippen MR) is 106 cm³/mol. The molecule has 146 valence electrons. The standard InChI is InChI=1S/C22H24N2O4/c1-2-28-22(27)19(13-16-9-5-3-6-10-16)23-21(26)17-14-20(25)24(15-17)18-11-7-4-8-12-18/h3-12,17,19H,2,13-15H2,1H3,(H,23,26). The van der Waals surface area contributed by atoms with Crippen LogP contribution in [0.1, 0.15) is 18.9 Å². The van der Waals surface area contributed by atoms with Crippen molar-refractivity contribution in [3.05, 3.63) is 66.2 Å². The number of benzene rings is 2. The zero-order valence-corrected chi connectivity index (χ0v) is 15.8. The second-order valence-electron chi connectivity index (χ2n) is 6.74. The van der Waals surface area contributed by atoms with E-state index < -0.39 is 17.9 Å². The number of hydrogen-bond donors (Lipinski definition) is 1. The molecule has 6 nitrogen and oxygen atoms in total. The smallest absolute Gasteiger partial charge is 0.328 e. The van der Waals surface area contributed by atoms with Gasteiger partial charge in [0.25, 0.3) is 0 Å². The number of hydrogen-bond acceptors (Lipinski definition) is 4. The van der Waals surface area contributed by atoms with Gasteiger partial charge in [0.1, 0.15) is 6.04 Å². The van der Waals surface area contributed by atoms with Crippen LogP contribution < -0.4 is 10.2 Å². The first-order valence-corrected chi connectivity index (χ1v) is 9.44. The molecule has 2 atom stereocenters. The van der Waals surface area contributed by atoms with E-state index in [2.05, 4.69) is 5.32 Å². The minimum absolute atomic E-state index is 0.0953. The first-order valence-electron chi connectivity index (χ1n) is 9.44. The maximum absolute atomic E-state index is 12.8. The number of nitrogens with one attached hydrogen (secondary N) is 1.